The van der Waals surface area contributed by atoms with Crippen LogP contribution >= 0.6 is 11.6 Å². The quantitative estimate of drug-likeness (QED) is 0.154. The van der Waals surface area contributed by atoms with Gasteiger partial charge >= 0.3 is 12.3 Å². The zero-order chi connectivity index (χ0) is 27.2. The van der Waals surface area contributed by atoms with E-state index < -0.39 is 32.0 Å². The fraction of sp³-hybridized carbons (Fsp3) is 0.346. The minimum absolute atomic E-state index is 0.134. The lowest BCUT2D eigenvalue weighted by Gasteiger charge is -2.16. The molecular weight excluding hydrogens is 527 g/mol. The van der Waals surface area contributed by atoms with E-state index in [0.29, 0.717) is 17.9 Å². The highest BCUT2D eigenvalue weighted by Crippen LogP contribution is 2.37. The summed E-state index contributed by atoms with van der Waals surface area (Å²) in [6.07, 6.45) is -5.08. The topological polar surface area (TPSA) is 69.9 Å². The summed E-state index contributed by atoms with van der Waals surface area (Å²) >= 11 is 6.20. The van der Waals surface area contributed by atoms with Crippen LogP contribution in [0.3, 0.4) is 0 Å². The number of carbonyl (C=O) groups excluding carboxylic acids is 1. The molecular formula is C26H29ClF3NO5Si. The van der Waals surface area contributed by atoms with Crippen LogP contribution in [0, 0.1) is 0 Å². The first-order valence-electron chi connectivity index (χ1n) is 11.6. The Hall–Kier alpha value is -2.95. The van der Waals surface area contributed by atoms with E-state index in [-0.39, 0.29) is 28.8 Å². The van der Waals surface area contributed by atoms with E-state index in [4.69, 9.17) is 30.2 Å². The van der Waals surface area contributed by atoms with E-state index in [9.17, 15) is 18.0 Å². The van der Waals surface area contributed by atoms with Gasteiger partial charge in [-0.05, 0) is 54.9 Å². The minimum atomic E-state index is -4.50. The Morgan fingerprint density at radius 1 is 1.14 bits per heavy atom. The van der Waals surface area contributed by atoms with Gasteiger partial charge in [0.15, 0.2) is 12.6 Å². The Bertz CT molecular complexity index is 1190. The van der Waals surface area contributed by atoms with Crippen molar-refractivity contribution in [3.05, 3.63) is 70.9 Å². The van der Waals surface area contributed by atoms with E-state index in [2.05, 4.69) is 25.0 Å². The maximum absolute atomic E-state index is 13.0. The lowest BCUT2D eigenvalue weighted by Crippen LogP contribution is -2.22. The van der Waals surface area contributed by atoms with Gasteiger partial charge in [-0.25, -0.2) is 4.79 Å². The van der Waals surface area contributed by atoms with Crippen LogP contribution in [0.25, 0.3) is 11.3 Å². The zero-order valence-electron chi connectivity index (χ0n) is 20.9. The van der Waals surface area contributed by atoms with E-state index >= 15 is 0 Å². The molecule has 0 aliphatic carbocycles. The number of amides is 1. The molecule has 0 aliphatic rings. The number of halogens is 4. The molecule has 0 fully saturated rings. The largest absolute Gasteiger partial charge is 0.468 e. The first kappa shape index (κ1) is 28.6. The number of benzene rings is 2. The summed E-state index contributed by atoms with van der Waals surface area (Å²) in [7, 11) is -1.16. The van der Waals surface area contributed by atoms with Crippen LogP contribution in [-0.2, 0) is 15.7 Å². The Morgan fingerprint density at radius 3 is 2.49 bits per heavy atom. The van der Waals surface area contributed by atoms with Crippen molar-refractivity contribution in [3.63, 3.8) is 0 Å². The van der Waals surface area contributed by atoms with E-state index in [1.54, 1.807) is 24.3 Å². The third-order valence-corrected chi connectivity index (χ3v) is 7.34. The second-order valence-electron chi connectivity index (χ2n) is 9.59. The highest BCUT2D eigenvalue weighted by molar-refractivity contribution is 6.76. The Kier molecular flexibility index (Phi) is 9.33. The molecule has 1 heterocycles. The molecule has 1 aromatic heterocycles. The van der Waals surface area contributed by atoms with Gasteiger partial charge in [0.2, 0.25) is 0 Å². The normalized spacial score (nSPS) is 12.8. The number of nitrogens with one attached hydrogen (secondary N) is 1. The first-order chi connectivity index (χ1) is 17.3. The molecule has 0 saturated heterocycles. The van der Waals surface area contributed by atoms with Crippen LogP contribution in [0.15, 0.2) is 59.2 Å². The molecule has 0 spiro atoms. The lowest BCUT2D eigenvalue weighted by molar-refractivity contribution is -0.137. The van der Waals surface area contributed by atoms with Crippen LogP contribution in [0.2, 0.25) is 30.7 Å². The predicted octanol–water partition coefficient (Wildman–Crippen LogP) is 8.62. The molecule has 200 valence electrons. The van der Waals surface area contributed by atoms with Gasteiger partial charge in [0.05, 0.1) is 5.56 Å². The van der Waals surface area contributed by atoms with Crippen LogP contribution in [-0.4, -0.2) is 27.6 Å². The van der Waals surface area contributed by atoms with Crippen LogP contribution in [0.4, 0.5) is 23.7 Å². The molecule has 0 radical (unpaired) electrons. The molecule has 0 aliphatic heterocycles. The van der Waals surface area contributed by atoms with Crippen LogP contribution in [0.1, 0.15) is 24.2 Å². The van der Waals surface area contributed by atoms with Crippen molar-refractivity contribution in [2.24, 2.45) is 0 Å². The fourth-order valence-corrected chi connectivity index (χ4v) is 4.18. The molecule has 37 heavy (non-hydrogen) atoms. The summed E-state index contributed by atoms with van der Waals surface area (Å²) in [5.74, 6) is 0.879. The van der Waals surface area contributed by atoms with Gasteiger partial charge in [-0.1, -0.05) is 43.4 Å². The van der Waals surface area contributed by atoms with Crippen molar-refractivity contribution in [3.8, 4) is 17.1 Å². The number of furan rings is 1. The SMILES string of the molecule is C[C@@H](OC(=O)Nc1c(Cl)coc1-c1ccc(OCOCC[Si](C)(C)C)cc1)c1cccc(C(F)(F)F)c1. The molecule has 1 N–H and O–H groups in total. The third-order valence-electron chi connectivity index (χ3n) is 5.36. The average Bonchev–Trinajstić information content (AvgIpc) is 3.18. The molecule has 2 aromatic carbocycles. The molecule has 11 heteroatoms. The summed E-state index contributed by atoms with van der Waals surface area (Å²) in [5.41, 5.74) is 0.154. The summed E-state index contributed by atoms with van der Waals surface area (Å²) in [5, 5.41) is 2.65. The molecule has 3 rings (SSSR count). The van der Waals surface area contributed by atoms with Crippen LogP contribution < -0.4 is 10.1 Å². The highest BCUT2D eigenvalue weighted by atomic mass is 35.5. The maximum Gasteiger partial charge on any atom is 0.416 e. The van der Waals surface area contributed by atoms with Gasteiger partial charge in [-0.15, -0.1) is 0 Å². The minimum Gasteiger partial charge on any atom is -0.468 e. The summed E-state index contributed by atoms with van der Waals surface area (Å²) in [6.45, 7) is 9.08. The lowest BCUT2D eigenvalue weighted by atomic mass is 10.1. The fourth-order valence-electron chi connectivity index (χ4n) is 3.24. The molecule has 1 atom stereocenters. The van der Waals surface area contributed by atoms with Crippen LogP contribution in [0.5, 0.6) is 5.75 Å². The molecule has 6 nitrogen and oxygen atoms in total. The van der Waals surface area contributed by atoms with Crippen molar-refractivity contribution in [2.75, 3.05) is 18.7 Å². The number of alkyl halides is 3. The van der Waals surface area contributed by atoms with Gasteiger partial charge in [-0.3, -0.25) is 5.32 Å². The van der Waals surface area contributed by atoms with Gasteiger partial charge in [0, 0.05) is 20.2 Å². The van der Waals surface area contributed by atoms with E-state index in [1.165, 1.54) is 25.3 Å². The maximum atomic E-state index is 13.0. The second-order valence-corrected chi connectivity index (χ2v) is 15.6. The number of hydrogen-bond acceptors (Lipinski definition) is 5. The predicted molar refractivity (Wildman–Crippen MR) is 139 cm³/mol. The molecule has 0 bridgehead atoms. The molecule has 0 unspecified atom stereocenters. The number of carbonyl (C=O) groups is 1. The summed E-state index contributed by atoms with van der Waals surface area (Å²) < 4.78 is 60.9. The number of anilines is 1. The third kappa shape index (κ3) is 8.55. The van der Waals surface area contributed by atoms with Gasteiger partial charge < -0.3 is 18.6 Å². The Labute approximate surface area is 219 Å². The number of rotatable bonds is 10. The average molecular weight is 556 g/mol. The highest BCUT2D eigenvalue weighted by Gasteiger charge is 2.31. The molecule has 0 saturated carbocycles. The van der Waals surface area contributed by atoms with Crippen molar-refractivity contribution < 1.29 is 36.6 Å². The smallest absolute Gasteiger partial charge is 0.416 e. The van der Waals surface area contributed by atoms with Crippen molar-refractivity contribution >= 4 is 31.5 Å². The number of hydrogen-bond donors (Lipinski definition) is 1. The molecule has 3 aromatic rings. The Balaban J connectivity index is 1.60. The van der Waals surface area contributed by atoms with E-state index in [1.807, 2.05) is 0 Å². The van der Waals surface area contributed by atoms with Crippen molar-refractivity contribution in [1.82, 2.24) is 0 Å². The summed E-state index contributed by atoms with van der Waals surface area (Å²) in [6, 6.07) is 12.6. The molecule has 1 amide bonds. The van der Waals surface area contributed by atoms with E-state index in [0.717, 1.165) is 18.2 Å². The number of ether oxygens (including phenoxy) is 3. The monoisotopic (exact) mass is 555 g/mol. The Morgan fingerprint density at radius 2 is 1.84 bits per heavy atom. The van der Waals surface area contributed by atoms with Crippen molar-refractivity contribution in [2.45, 2.75) is 44.9 Å². The van der Waals surface area contributed by atoms with Gasteiger partial charge in [0.25, 0.3) is 0 Å². The van der Waals surface area contributed by atoms with Gasteiger partial charge in [0.1, 0.15) is 28.8 Å². The van der Waals surface area contributed by atoms with Crippen molar-refractivity contribution in [1.29, 1.82) is 0 Å². The second kappa shape index (κ2) is 12.1. The summed E-state index contributed by atoms with van der Waals surface area (Å²) in [4.78, 5) is 12.5. The standard InChI is InChI=1S/C26H29ClF3NO5Si/c1-17(19-6-5-7-20(14-19)26(28,29)30)36-25(32)31-23-22(27)15-34-24(23)18-8-10-21(11-9-18)35-16-33-12-13-37(2,3)4/h5-11,14-15,17H,12-13,16H2,1-4H3,(H,31,32)/t17-/m1/s1. The first-order valence-corrected chi connectivity index (χ1v) is 15.6. The van der Waals surface area contributed by atoms with Gasteiger partial charge in [-0.2, -0.15) is 13.2 Å². The zero-order valence-corrected chi connectivity index (χ0v) is 22.7.